The summed E-state index contributed by atoms with van der Waals surface area (Å²) in [6.07, 6.45) is 3.49. The van der Waals surface area contributed by atoms with Gasteiger partial charge >= 0.3 is 0 Å². The highest BCUT2D eigenvalue weighted by Crippen LogP contribution is 1.94. The van der Waals surface area contributed by atoms with E-state index in [2.05, 4.69) is 18.9 Å². The Hall–Kier alpha value is -0.830. The second-order valence-corrected chi connectivity index (χ2v) is 3.26. The molecule has 0 saturated heterocycles. The average molecular weight is 184 g/mol. The summed E-state index contributed by atoms with van der Waals surface area (Å²) in [5.41, 5.74) is 3.58. The van der Waals surface area contributed by atoms with Crippen molar-refractivity contribution in [1.29, 1.82) is 0 Å². The molecule has 0 aromatic heterocycles. The van der Waals surface area contributed by atoms with Crippen molar-refractivity contribution in [2.45, 2.75) is 33.1 Å². The smallest absolute Gasteiger partial charge is 0.262 e. The van der Waals surface area contributed by atoms with Gasteiger partial charge in [0.05, 0.1) is 0 Å². The number of rotatable bonds is 6. The van der Waals surface area contributed by atoms with Crippen LogP contribution in [-0.4, -0.2) is 24.5 Å². The molecule has 0 radical (unpaired) electrons. The lowest BCUT2D eigenvalue weighted by molar-refractivity contribution is -0.128. The predicted octanol–water partition coefficient (Wildman–Crippen LogP) is 1.72. The molecule has 0 heterocycles. The van der Waals surface area contributed by atoms with Gasteiger partial charge in [-0.25, -0.2) is 5.43 Å². The van der Waals surface area contributed by atoms with Gasteiger partial charge in [-0.1, -0.05) is 26.3 Å². The third-order valence-corrected chi connectivity index (χ3v) is 1.80. The van der Waals surface area contributed by atoms with E-state index in [1.54, 1.807) is 14.0 Å². The van der Waals surface area contributed by atoms with Crippen molar-refractivity contribution in [3.05, 3.63) is 12.2 Å². The molecule has 0 bridgehead atoms. The summed E-state index contributed by atoms with van der Waals surface area (Å²) >= 11 is 0. The fraction of sp³-hybridized carbons (Fsp3) is 0.700. The summed E-state index contributed by atoms with van der Waals surface area (Å²) in [7, 11) is 1.73. The van der Waals surface area contributed by atoms with Crippen molar-refractivity contribution < 1.29 is 4.79 Å². The summed E-state index contributed by atoms with van der Waals surface area (Å²) in [6.45, 7) is 8.31. The monoisotopic (exact) mass is 184 g/mol. The Balaban J connectivity index is 3.56. The number of hydrazine groups is 1. The van der Waals surface area contributed by atoms with Gasteiger partial charge in [0.1, 0.15) is 0 Å². The topological polar surface area (TPSA) is 32.3 Å². The van der Waals surface area contributed by atoms with Gasteiger partial charge in [0, 0.05) is 19.2 Å². The molecule has 0 aromatic rings. The quantitative estimate of drug-likeness (QED) is 0.387. The number of carbonyl (C=O) groups is 1. The van der Waals surface area contributed by atoms with Crippen molar-refractivity contribution in [1.82, 2.24) is 10.4 Å². The Bertz CT molecular complexity index is 178. The van der Waals surface area contributed by atoms with Gasteiger partial charge in [0.2, 0.25) is 0 Å². The number of nitrogens with one attached hydrogen (secondary N) is 1. The molecule has 0 unspecified atom stereocenters. The number of hydrogen-bond acceptors (Lipinski definition) is 2. The zero-order chi connectivity index (χ0) is 10.3. The summed E-state index contributed by atoms with van der Waals surface area (Å²) < 4.78 is 0. The highest BCUT2D eigenvalue weighted by atomic mass is 16.2. The lowest BCUT2D eigenvalue weighted by Crippen LogP contribution is -2.40. The van der Waals surface area contributed by atoms with Gasteiger partial charge in [0.25, 0.3) is 5.91 Å². The molecule has 0 saturated carbocycles. The van der Waals surface area contributed by atoms with Gasteiger partial charge in [-0.05, 0) is 13.3 Å². The number of carbonyl (C=O) groups excluding carboxylic acids is 1. The van der Waals surface area contributed by atoms with Gasteiger partial charge in [-0.2, -0.15) is 0 Å². The van der Waals surface area contributed by atoms with Crippen LogP contribution in [-0.2, 0) is 4.79 Å². The Morgan fingerprint density at radius 1 is 1.46 bits per heavy atom. The number of unbranched alkanes of at least 4 members (excludes halogenated alkanes) is 2. The van der Waals surface area contributed by atoms with Crippen LogP contribution in [0.25, 0.3) is 0 Å². The largest absolute Gasteiger partial charge is 0.277 e. The zero-order valence-electron chi connectivity index (χ0n) is 8.89. The molecular weight excluding hydrogens is 164 g/mol. The van der Waals surface area contributed by atoms with E-state index < -0.39 is 0 Å². The molecular formula is C10H20N2O. The first-order chi connectivity index (χ1) is 6.09. The highest BCUT2D eigenvalue weighted by Gasteiger charge is 2.06. The van der Waals surface area contributed by atoms with Crippen LogP contribution in [0.3, 0.4) is 0 Å². The number of hydrogen-bond donors (Lipinski definition) is 1. The van der Waals surface area contributed by atoms with Crippen LogP contribution in [0.1, 0.15) is 33.1 Å². The molecule has 3 nitrogen and oxygen atoms in total. The van der Waals surface area contributed by atoms with Gasteiger partial charge in [-0.15, -0.1) is 0 Å². The Morgan fingerprint density at radius 2 is 2.08 bits per heavy atom. The number of nitrogens with zero attached hydrogens (tertiary/aromatic N) is 1. The molecule has 0 aliphatic heterocycles. The normalized spacial score (nSPS) is 9.77. The van der Waals surface area contributed by atoms with Crippen LogP contribution in [0.15, 0.2) is 12.2 Å². The molecule has 13 heavy (non-hydrogen) atoms. The van der Waals surface area contributed by atoms with Crippen molar-refractivity contribution in [3.63, 3.8) is 0 Å². The maximum absolute atomic E-state index is 11.3. The van der Waals surface area contributed by atoms with Crippen LogP contribution >= 0.6 is 0 Å². The molecule has 0 aromatic carbocycles. The lowest BCUT2D eigenvalue weighted by atomic mass is 10.2. The lowest BCUT2D eigenvalue weighted by Gasteiger charge is -2.18. The van der Waals surface area contributed by atoms with E-state index in [0.29, 0.717) is 5.57 Å². The molecule has 0 spiro atoms. The van der Waals surface area contributed by atoms with E-state index in [4.69, 9.17) is 0 Å². The molecule has 0 rings (SSSR count). The number of likely N-dealkylation sites (N-methyl/N-ethyl adjacent to an activating group) is 1. The number of amides is 1. The second kappa shape index (κ2) is 6.66. The van der Waals surface area contributed by atoms with E-state index >= 15 is 0 Å². The van der Waals surface area contributed by atoms with E-state index in [1.807, 2.05) is 0 Å². The minimum atomic E-state index is -0.0449. The molecule has 0 aliphatic rings. The summed E-state index contributed by atoms with van der Waals surface area (Å²) in [6, 6.07) is 0. The SMILES string of the molecule is C=C(C)C(=O)N(C)NCCCCC. The van der Waals surface area contributed by atoms with Crippen molar-refractivity contribution in [2.24, 2.45) is 0 Å². The Morgan fingerprint density at radius 3 is 2.54 bits per heavy atom. The zero-order valence-corrected chi connectivity index (χ0v) is 8.89. The van der Waals surface area contributed by atoms with E-state index in [9.17, 15) is 4.79 Å². The Kier molecular flexibility index (Phi) is 6.24. The van der Waals surface area contributed by atoms with Crippen molar-refractivity contribution >= 4 is 5.91 Å². The minimum Gasteiger partial charge on any atom is -0.277 e. The second-order valence-electron chi connectivity index (χ2n) is 3.26. The van der Waals surface area contributed by atoms with Crippen molar-refractivity contribution in [2.75, 3.05) is 13.6 Å². The third-order valence-electron chi connectivity index (χ3n) is 1.80. The average Bonchev–Trinajstić information content (AvgIpc) is 2.10. The van der Waals surface area contributed by atoms with Crippen molar-refractivity contribution in [3.8, 4) is 0 Å². The van der Waals surface area contributed by atoms with Gasteiger partial charge < -0.3 is 0 Å². The van der Waals surface area contributed by atoms with E-state index in [-0.39, 0.29) is 5.91 Å². The minimum absolute atomic E-state index is 0.0449. The molecule has 0 aliphatic carbocycles. The first kappa shape index (κ1) is 12.2. The summed E-state index contributed by atoms with van der Waals surface area (Å²) in [5, 5.41) is 1.50. The fourth-order valence-corrected chi connectivity index (χ4v) is 0.980. The molecule has 0 atom stereocenters. The van der Waals surface area contributed by atoms with Crippen LogP contribution in [0.4, 0.5) is 0 Å². The van der Waals surface area contributed by atoms with Gasteiger partial charge in [-0.3, -0.25) is 9.80 Å². The first-order valence-electron chi connectivity index (χ1n) is 4.76. The van der Waals surface area contributed by atoms with Crippen LogP contribution in [0, 0.1) is 0 Å². The fourth-order valence-electron chi connectivity index (χ4n) is 0.980. The molecule has 3 heteroatoms. The molecule has 1 N–H and O–H groups in total. The maximum Gasteiger partial charge on any atom is 0.262 e. The third kappa shape index (κ3) is 5.42. The summed E-state index contributed by atoms with van der Waals surface area (Å²) in [5.74, 6) is -0.0449. The predicted molar refractivity (Wildman–Crippen MR) is 55.1 cm³/mol. The first-order valence-corrected chi connectivity index (χ1v) is 4.76. The molecule has 1 amide bonds. The van der Waals surface area contributed by atoms with Crippen LogP contribution in [0.2, 0.25) is 0 Å². The van der Waals surface area contributed by atoms with E-state index in [1.165, 1.54) is 17.9 Å². The Labute approximate surface area is 80.8 Å². The van der Waals surface area contributed by atoms with Crippen LogP contribution < -0.4 is 5.43 Å². The standard InChI is InChI=1S/C10H20N2O/c1-5-6-7-8-11-12(4)10(13)9(2)3/h11H,2,5-8H2,1,3-4H3. The maximum atomic E-state index is 11.3. The molecule has 76 valence electrons. The molecule has 0 fully saturated rings. The van der Waals surface area contributed by atoms with E-state index in [0.717, 1.165) is 13.0 Å². The van der Waals surface area contributed by atoms with Gasteiger partial charge in [0.15, 0.2) is 0 Å². The highest BCUT2D eigenvalue weighted by molar-refractivity contribution is 5.91. The summed E-state index contributed by atoms with van der Waals surface area (Å²) in [4.78, 5) is 11.3. The van der Waals surface area contributed by atoms with Crippen LogP contribution in [0.5, 0.6) is 0 Å².